The Morgan fingerprint density at radius 2 is 1.93 bits per heavy atom. The van der Waals surface area contributed by atoms with Gasteiger partial charge in [0.05, 0.1) is 11.9 Å². The maximum atomic E-state index is 10.9. The molecule has 0 heterocycles. The van der Waals surface area contributed by atoms with Crippen molar-refractivity contribution in [2.45, 2.75) is 44.6 Å². The maximum Gasteiger partial charge on any atom is 0.208 e. The molecule has 0 amide bonds. The van der Waals surface area contributed by atoms with Crippen molar-refractivity contribution in [2.75, 3.05) is 12.8 Å². The first-order chi connectivity index (χ1) is 6.85. The monoisotopic (exact) mass is 235 g/mol. The van der Waals surface area contributed by atoms with Gasteiger partial charge in [-0.05, 0) is 31.6 Å². The molecule has 0 radical (unpaired) electrons. The number of hydrogen-bond acceptors (Lipinski definition) is 3. The normalized spacial score (nSPS) is 32.9. The Morgan fingerprint density at radius 3 is 2.33 bits per heavy atom. The van der Waals surface area contributed by atoms with Crippen molar-refractivity contribution in [1.29, 1.82) is 0 Å². The Balaban J connectivity index is 2.42. The summed E-state index contributed by atoms with van der Waals surface area (Å²) < 4.78 is 24.2. The highest BCUT2D eigenvalue weighted by Crippen LogP contribution is 2.33. The average molecular weight is 235 g/mol. The third-order valence-corrected chi connectivity index (χ3v) is 3.95. The van der Waals surface area contributed by atoms with E-state index in [0.29, 0.717) is 18.8 Å². The number of sulfonamides is 1. The van der Waals surface area contributed by atoms with Crippen LogP contribution in [0.2, 0.25) is 0 Å². The van der Waals surface area contributed by atoms with Crippen molar-refractivity contribution < 1.29 is 13.5 Å². The van der Waals surface area contributed by atoms with E-state index in [0.717, 1.165) is 25.5 Å². The Kier molecular flexibility index (Phi) is 4.14. The summed E-state index contributed by atoms with van der Waals surface area (Å²) in [7, 11) is -3.19. The van der Waals surface area contributed by atoms with Crippen LogP contribution >= 0.6 is 0 Å². The Labute approximate surface area is 92.1 Å². The zero-order chi connectivity index (χ0) is 11.5. The van der Waals surface area contributed by atoms with Gasteiger partial charge in [-0.2, -0.15) is 0 Å². The Hall–Kier alpha value is -0.130. The molecule has 1 saturated carbocycles. The summed E-state index contributed by atoms with van der Waals surface area (Å²) in [6, 6.07) is 0. The van der Waals surface area contributed by atoms with Crippen LogP contribution in [0.25, 0.3) is 0 Å². The molecule has 1 aliphatic rings. The van der Waals surface area contributed by atoms with Crippen LogP contribution in [0.4, 0.5) is 0 Å². The summed E-state index contributed by atoms with van der Waals surface area (Å²) in [5.41, 5.74) is -0.825. The molecule has 0 aliphatic heterocycles. The van der Waals surface area contributed by atoms with E-state index in [1.807, 2.05) is 0 Å². The van der Waals surface area contributed by atoms with Gasteiger partial charge in [0.25, 0.3) is 0 Å². The van der Waals surface area contributed by atoms with E-state index < -0.39 is 15.6 Å². The van der Waals surface area contributed by atoms with Crippen molar-refractivity contribution >= 4 is 10.0 Å². The molecule has 0 spiro atoms. The first kappa shape index (κ1) is 12.9. The van der Waals surface area contributed by atoms with Crippen LogP contribution in [0.1, 0.15) is 39.0 Å². The lowest BCUT2D eigenvalue weighted by molar-refractivity contribution is -0.00439. The van der Waals surface area contributed by atoms with E-state index in [-0.39, 0.29) is 6.54 Å². The molecule has 0 bridgehead atoms. The van der Waals surface area contributed by atoms with Gasteiger partial charge in [0.1, 0.15) is 0 Å². The Bertz CT molecular complexity index is 292. The summed E-state index contributed by atoms with van der Waals surface area (Å²) in [4.78, 5) is 0. The smallest absolute Gasteiger partial charge is 0.208 e. The van der Waals surface area contributed by atoms with E-state index in [2.05, 4.69) is 11.6 Å². The van der Waals surface area contributed by atoms with Crippen molar-refractivity contribution in [3.63, 3.8) is 0 Å². The highest BCUT2D eigenvalue weighted by Gasteiger charge is 2.32. The van der Waals surface area contributed by atoms with Crippen molar-refractivity contribution in [3.8, 4) is 0 Å². The van der Waals surface area contributed by atoms with E-state index in [1.54, 1.807) is 0 Å². The van der Waals surface area contributed by atoms with Gasteiger partial charge in [0.15, 0.2) is 0 Å². The molecule has 0 aromatic carbocycles. The summed E-state index contributed by atoms with van der Waals surface area (Å²) in [6.45, 7) is 2.31. The van der Waals surface area contributed by atoms with Crippen LogP contribution in [-0.2, 0) is 10.0 Å². The van der Waals surface area contributed by atoms with E-state index in [4.69, 9.17) is 0 Å². The van der Waals surface area contributed by atoms with Gasteiger partial charge >= 0.3 is 0 Å². The highest BCUT2D eigenvalue weighted by atomic mass is 32.2. The fourth-order valence-corrected chi connectivity index (χ4v) is 2.60. The van der Waals surface area contributed by atoms with E-state index >= 15 is 0 Å². The highest BCUT2D eigenvalue weighted by molar-refractivity contribution is 7.88. The van der Waals surface area contributed by atoms with Crippen LogP contribution < -0.4 is 4.72 Å². The molecule has 90 valence electrons. The second-order valence-corrected chi connectivity index (χ2v) is 6.50. The molecule has 0 saturated heterocycles. The number of nitrogens with one attached hydrogen (secondary N) is 1. The molecular weight excluding hydrogens is 214 g/mol. The van der Waals surface area contributed by atoms with Gasteiger partial charge in [-0.25, -0.2) is 13.1 Å². The zero-order valence-corrected chi connectivity index (χ0v) is 10.3. The molecule has 1 rings (SSSR count). The number of hydrogen-bond donors (Lipinski definition) is 2. The lowest BCUT2D eigenvalue weighted by atomic mass is 9.78. The van der Waals surface area contributed by atoms with E-state index in [9.17, 15) is 13.5 Å². The quantitative estimate of drug-likeness (QED) is 0.759. The van der Waals surface area contributed by atoms with Crippen molar-refractivity contribution in [1.82, 2.24) is 4.72 Å². The first-order valence-corrected chi connectivity index (χ1v) is 7.41. The fourth-order valence-electron chi connectivity index (χ4n) is 2.07. The minimum atomic E-state index is -3.19. The molecule has 4 nitrogen and oxygen atoms in total. The molecule has 0 aromatic rings. The van der Waals surface area contributed by atoms with Gasteiger partial charge in [-0.15, -0.1) is 0 Å². The number of rotatable bonds is 4. The van der Waals surface area contributed by atoms with Crippen LogP contribution in [0.15, 0.2) is 0 Å². The summed E-state index contributed by atoms with van der Waals surface area (Å²) in [6.07, 6.45) is 5.67. The minimum Gasteiger partial charge on any atom is -0.389 e. The predicted molar refractivity (Wildman–Crippen MR) is 60.0 cm³/mol. The molecule has 15 heavy (non-hydrogen) atoms. The predicted octanol–water partition coefficient (Wildman–Crippen LogP) is 0.867. The lowest BCUT2D eigenvalue weighted by Gasteiger charge is -2.35. The average Bonchev–Trinajstić information content (AvgIpc) is 2.16. The third-order valence-electron chi connectivity index (χ3n) is 3.28. The third kappa shape index (κ3) is 4.49. The van der Waals surface area contributed by atoms with Crippen LogP contribution in [0, 0.1) is 5.92 Å². The van der Waals surface area contributed by atoms with Crippen molar-refractivity contribution in [3.05, 3.63) is 0 Å². The maximum absolute atomic E-state index is 10.9. The second-order valence-electron chi connectivity index (χ2n) is 4.67. The minimum absolute atomic E-state index is 0.155. The molecule has 0 atom stereocenters. The van der Waals surface area contributed by atoms with Crippen LogP contribution in [-0.4, -0.2) is 31.9 Å². The summed E-state index contributed by atoms with van der Waals surface area (Å²) in [5.74, 6) is 0.698. The van der Waals surface area contributed by atoms with Crippen LogP contribution in [0.3, 0.4) is 0 Å². The SMILES string of the molecule is CCC1CCC(O)(CNS(C)(=O)=O)CC1. The van der Waals surface area contributed by atoms with Gasteiger partial charge in [0, 0.05) is 6.54 Å². The molecule has 1 fully saturated rings. The fraction of sp³-hybridized carbons (Fsp3) is 1.00. The number of aliphatic hydroxyl groups is 1. The molecule has 1 aliphatic carbocycles. The van der Waals surface area contributed by atoms with Gasteiger partial charge in [0.2, 0.25) is 10.0 Å². The van der Waals surface area contributed by atoms with Gasteiger partial charge in [-0.3, -0.25) is 0 Å². The zero-order valence-electron chi connectivity index (χ0n) is 9.49. The van der Waals surface area contributed by atoms with Gasteiger partial charge in [-0.1, -0.05) is 13.3 Å². The van der Waals surface area contributed by atoms with Gasteiger partial charge < -0.3 is 5.11 Å². The summed E-state index contributed by atoms with van der Waals surface area (Å²) >= 11 is 0. The Morgan fingerprint density at radius 1 is 1.40 bits per heavy atom. The standard InChI is InChI=1S/C10H21NO3S/c1-3-9-4-6-10(12,7-5-9)8-11-15(2,13)14/h9,11-12H,3-8H2,1-2H3. The summed E-state index contributed by atoms with van der Waals surface area (Å²) in [5, 5.41) is 10.1. The largest absolute Gasteiger partial charge is 0.389 e. The molecule has 2 N–H and O–H groups in total. The van der Waals surface area contributed by atoms with Crippen LogP contribution in [0.5, 0.6) is 0 Å². The molecule has 0 unspecified atom stereocenters. The molecule has 0 aromatic heterocycles. The molecule has 5 heteroatoms. The topological polar surface area (TPSA) is 66.4 Å². The second kappa shape index (κ2) is 4.80. The van der Waals surface area contributed by atoms with Crippen molar-refractivity contribution in [2.24, 2.45) is 5.92 Å². The first-order valence-electron chi connectivity index (χ1n) is 5.52. The molecular formula is C10H21NO3S. The van der Waals surface area contributed by atoms with E-state index in [1.165, 1.54) is 0 Å². The lowest BCUT2D eigenvalue weighted by Crippen LogP contribution is -2.45.